The largest absolute Gasteiger partial charge is 0.0807 e. The molecule has 0 bridgehead atoms. The molecule has 0 saturated carbocycles. The fourth-order valence-corrected chi connectivity index (χ4v) is 0.649. The van der Waals surface area contributed by atoms with Gasteiger partial charge in [-0.05, 0) is 6.42 Å². The van der Waals surface area contributed by atoms with Crippen LogP contribution in [-0.2, 0) is 0 Å². The van der Waals surface area contributed by atoms with Crippen molar-refractivity contribution in [1.29, 1.82) is 0 Å². The van der Waals surface area contributed by atoms with Gasteiger partial charge in [0, 0.05) is 0 Å². The van der Waals surface area contributed by atoms with E-state index in [1.54, 1.807) is 0 Å². The van der Waals surface area contributed by atoms with E-state index in [1.165, 1.54) is 0 Å². The second kappa shape index (κ2) is 3.90. The lowest BCUT2D eigenvalue weighted by atomic mass is 10.3. The first-order valence-electron chi connectivity index (χ1n) is 3.15. The number of hydrogen-bond donors (Lipinski definition) is 0. The minimum Gasteiger partial charge on any atom is -0.0807 e. The molecule has 0 aliphatic heterocycles. The van der Waals surface area contributed by atoms with E-state index in [-0.39, 0.29) is 0 Å². The van der Waals surface area contributed by atoms with Crippen LogP contribution in [0.15, 0.2) is 48.6 Å². The molecule has 46 valence electrons. The van der Waals surface area contributed by atoms with Crippen LogP contribution < -0.4 is 0 Å². The third kappa shape index (κ3) is 2.70. The molecule has 0 aromatic carbocycles. The molecule has 1 rings (SSSR count). The molecular formula is C9H10. The zero-order chi connectivity index (χ0) is 6.36. The van der Waals surface area contributed by atoms with Crippen molar-refractivity contribution in [3.63, 3.8) is 0 Å². The zero-order valence-corrected chi connectivity index (χ0v) is 5.33. The number of hydrogen-bond acceptors (Lipinski definition) is 0. The van der Waals surface area contributed by atoms with Crippen LogP contribution in [0.4, 0.5) is 0 Å². The first-order valence-corrected chi connectivity index (χ1v) is 3.15. The Hall–Kier alpha value is -1.04. The van der Waals surface area contributed by atoms with E-state index in [4.69, 9.17) is 0 Å². The molecule has 0 unspecified atom stereocenters. The molecule has 0 N–H and O–H groups in total. The average Bonchev–Trinajstić information content (AvgIpc) is 2.00. The van der Waals surface area contributed by atoms with Crippen molar-refractivity contribution in [2.24, 2.45) is 0 Å². The van der Waals surface area contributed by atoms with Gasteiger partial charge >= 0.3 is 0 Å². The third-order valence-corrected chi connectivity index (χ3v) is 1.10. The van der Waals surface area contributed by atoms with Gasteiger partial charge in [-0.1, -0.05) is 48.6 Å². The van der Waals surface area contributed by atoms with Crippen molar-refractivity contribution in [2.45, 2.75) is 6.42 Å². The topological polar surface area (TPSA) is 0 Å². The summed E-state index contributed by atoms with van der Waals surface area (Å²) in [5, 5.41) is 0. The van der Waals surface area contributed by atoms with Crippen molar-refractivity contribution in [1.82, 2.24) is 0 Å². The molecular weight excluding hydrogens is 108 g/mol. The van der Waals surface area contributed by atoms with Gasteiger partial charge in [-0.25, -0.2) is 0 Å². The molecule has 0 spiro atoms. The standard InChI is InChI=1S/C9H10/c1-2-4-6-8-9-7-5-3-1/h1-8H,9H2/b3-1-,4-2-,7-5+,8-6?. The molecule has 0 atom stereocenters. The summed E-state index contributed by atoms with van der Waals surface area (Å²) in [6.45, 7) is 0. The van der Waals surface area contributed by atoms with Gasteiger partial charge < -0.3 is 0 Å². The van der Waals surface area contributed by atoms with Gasteiger partial charge in [-0.15, -0.1) is 0 Å². The maximum atomic E-state index is 2.12. The number of allylic oxidation sites excluding steroid dienone is 8. The smallest absolute Gasteiger partial charge is 0.0163 e. The van der Waals surface area contributed by atoms with Gasteiger partial charge in [-0.2, -0.15) is 0 Å². The van der Waals surface area contributed by atoms with E-state index >= 15 is 0 Å². The lowest BCUT2D eigenvalue weighted by Gasteiger charge is -1.74. The van der Waals surface area contributed by atoms with E-state index in [9.17, 15) is 0 Å². The van der Waals surface area contributed by atoms with Crippen LogP contribution in [0.1, 0.15) is 6.42 Å². The van der Waals surface area contributed by atoms with E-state index in [0.717, 1.165) is 6.42 Å². The van der Waals surface area contributed by atoms with Gasteiger partial charge in [0.1, 0.15) is 0 Å². The predicted octanol–water partition coefficient (Wildman–Crippen LogP) is 2.61. The van der Waals surface area contributed by atoms with Crippen LogP contribution in [0.3, 0.4) is 0 Å². The summed E-state index contributed by atoms with van der Waals surface area (Å²) in [5.74, 6) is 0. The first-order chi connectivity index (χ1) is 4.50. The average molecular weight is 118 g/mol. The fourth-order valence-electron chi connectivity index (χ4n) is 0.649. The molecule has 0 amide bonds. The highest BCUT2D eigenvalue weighted by molar-refractivity contribution is 5.18. The normalized spacial score (nSPS) is 27.6. The highest BCUT2D eigenvalue weighted by Crippen LogP contribution is 1.91. The van der Waals surface area contributed by atoms with Crippen molar-refractivity contribution >= 4 is 0 Å². The maximum Gasteiger partial charge on any atom is -0.0163 e. The Bertz CT molecular complexity index is 148. The van der Waals surface area contributed by atoms with Crippen LogP contribution >= 0.6 is 0 Å². The monoisotopic (exact) mass is 118 g/mol. The third-order valence-electron chi connectivity index (χ3n) is 1.10. The minimum absolute atomic E-state index is 1.04. The van der Waals surface area contributed by atoms with E-state index in [0.29, 0.717) is 0 Å². The highest BCUT2D eigenvalue weighted by Gasteiger charge is 1.70. The Labute approximate surface area is 55.9 Å². The van der Waals surface area contributed by atoms with Gasteiger partial charge in [0.25, 0.3) is 0 Å². The van der Waals surface area contributed by atoms with Gasteiger partial charge in [-0.3, -0.25) is 0 Å². The molecule has 0 aromatic rings. The molecule has 0 radical (unpaired) electrons. The van der Waals surface area contributed by atoms with Crippen LogP contribution in [-0.4, -0.2) is 0 Å². The Morgan fingerprint density at radius 1 is 0.556 bits per heavy atom. The van der Waals surface area contributed by atoms with Gasteiger partial charge in [0.15, 0.2) is 0 Å². The van der Waals surface area contributed by atoms with Crippen molar-refractivity contribution in [3.05, 3.63) is 48.6 Å². The summed E-state index contributed by atoms with van der Waals surface area (Å²) in [5.41, 5.74) is 0. The summed E-state index contributed by atoms with van der Waals surface area (Å²) in [6, 6.07) is 0. The second-order valence-electron chi connectivity index (χ2n) is 1.86. The maximum absolute atomic E-state index is 2.12. The molecule has 1 aliphatic rings. The summed E-state index contributed by atoms with van der Waals surface area (Å²) in [6.07, 6.45) is 17.5. The van der Waals surface area contributed by atoms with Crippen LogP contribution in [0.5, 0.6) is 0 Å². The van der Waals surface area contributed by atoms with Gasteiger partial charge in [0.2, 0.25) is 0 Å². The Balaban J connectivity index is 2.60. The van der Waals surface area contributed by atoms with E-state index in [2.05, 4.69) is 24.3 Å². The molecule has 0 saturated heterocycles. The molecule has 0 aromatic heterocycles. The molecule has 9 heavy (non-hydrogen) atoms. The van der Waals surface area contributed by atoms with Crippen LogP contribution in [0, 0.1) is 0 Å². The second-order valence-corrected chi connectivity index (χ2v) is 1.86. The first kappa shape index (κ1) is 6.09. The predicted molar refractivity (Wildman–Crippen MR) is 41.2 cm³/mol. The molecule has 1 aliphatic carbocycles. The van der Waals surface area contributed by atoms with Crippen molar-refractivity contribution < 1.29 is 0 Å². The molecule has 0 heteroatoms. The summed E-state index contributed by atoms with van der Waals surface area (Å²) in [7, 11) is 0. The molecule has 0 heterocycles. The summed E-state index contributed by atoms with van der Waals surface area (Å²) in [4.78, 5) is 0. The lowest BCUT2D eigenvalue weighted by Crippen LogP contribution is -1.53. The Morgan fingerprint density at radius 3 is 1.56 bits per heavy atom. The van der Waals surface area contributed by atoms with Gasteiger partial charge in [0.05, 0.1) is 0 Å². The molecule has 0 fully saturated rings. The minimum atomic E-state index is 1.04. The Kier molecular flexibility index (Phi) is 2.64. The summed E-state index contributed by atoms with van der Waals surface area (Å²) < 4.78 is 0. The Morgan fingerprint density at radius 2 is 1.00 bits per heavy atom. The van der Waals surface area contributed by atoms with Crippen molar-refractivity contribution in [2.75, 3.05) is 0 Å². The highest BCUT2D eigenvalue weighted by atomic mass is 13.8. The zero-order valence-electron chi connectivity index (χ0n) is 5.33. The van der Waals surface area contributed by atoms with Crippen LogP contribution in [0.25, 0.3) is 0 Å². The summed E-state index contributed by atoms with van der Waals surface area (Å²) >= 11 is 0. The van der Waals surface area contributed by atoms with Crippen molar-refractivity contribution in [3.8, 4) is 0 Å². The number of rotatable bonds is 0. The fraction of sp³-hybridized carbons (Fsp3) is 0.111. The lowest BCUT2D eigenvalue weighted by molar-refractivity contribution is 1.40. The SMILES string of the molecule is C1=CC/C=C/C=C\C=C/1. The van der Waals surface area contributed by atoms with E-state index < -0.39 is 0 Å². The quantitative estimate of drug-likeness (QED) is 0.458. The van der Waals surface area contributed by atoms with E-state index in [1.807, 2.05) is 24.3 Å². The molecule has 0 nitrogen and oxygen atoms in total. The van der Waals surface area contributed by atoms with Crippen LogP contribution in [0.2, 0.25) is 0 Å².